The van der Waals surface area contributed by atoms with Gasteiger partial charge in [-0.05, 0) is 19.8 Å². The number of hydrogen-bond donors (Lipinski definition) is 1. The number of aromatic nitrogens is 2. The van der Waals surface area contributed by atoms with Crippen molar-refractivity contribution in [3.8, 4) is 0 Å². The summed E-state index contributed by atoms with van der Waals surface area (Å²) in [4.78, 5) is 12.0. The molecule has 1 fully saturated rings. The maximum Gasteiger partial charge on any atom is 0.229 e. The molecule has 2 rings (SSSR count). The van der Waals surface area contributed by atoms with Crippen molar-refractivity contribution in [3.63, 3.8) is 0 Å². The lowest BCUT2D eigenvalue weighted by Gasteiger charge is -2.19. The molecule has 104 valence electrons. The molecule has 0 aromatic carbocycles. The number of anilines is 1. The second-order valence-electron chi connectivity index (χ2n) is 4.94. The molecule has 1 heterocycles. The average Bonchev–Trinajstić information content (AvgIpc) is 2.85. The highest BCUT2D eigenvalue weighted by Gasteiger charge is 2.22. The van der Waals surface area contributed by atoms with Crippen LogP contribution in [0.3, 0.4) is 0 Å². The van der Waals surface area contributed by atoms with Gasteiger partial charge in [-0.25, -0.2) is 0 Å². The molecule has 1 aliphatic rings. The molecule has 1 amide bonds. The van der Waals surface area contributed by atoms with Crippen molar-refractivity contribution in [1.29, 1.82) is 0 Å². The van der Waals surface area contributed by atoms with Crippen molar-refractivity contribution < 1.29 is 4.79 Å². The first-order valence-electron chi connectivity index (χ1n) is 6.56. The molecule has 0 saturated heterocycles. The summed E-state index contributed by atoms with van der Waals surface area (Å²) >= 11 is 3.04. The number of rotatable bonds is 5. The molecule has 1 aromatic rings. The zero-order valence-electron chi connectivity index (χ0n) is 11.1. The van der Waals surface area contributed by atoms with Crippen LogP contribution in [0.4, 0.5) is 5.13 Å². The molecule has 19 heavy (non-hydrogen) atoms. The van der Waals surface area contributed by atoms with Gasteiger partial charge in [0.2, 0.25) is 11.0 Å². The van der Waals surface area contributed by atoms with E-state index in [1.54, 1.807) is 11.8 Å². The number of amides is 1. The van der Waals surface area contributed by atoms with Crippen LogP contribution < -0.4 is 5.32 Å². The first-order valence-corrected chi connectivity index (χ1v) is 8.37. The Morgan fingerprint density at radius 2 is 2.16 bits per heavy atom. The van der Waals surface area contributed by atoms with Crippen molar-refractivity contribution in [1.82, 2.24) is 10.2 Å². The number of carbonyl (C=O) groups excluding carboxylic acids is 1. The van der Waals surface area contributed by atoms with E-state index in [1.807, 2.05) is 6.92 Å². The number of nitrogens with one attached hydrogen (secondary N) is 1. The van der Waals surface area contributed by atoms with Gasteiger partial charge in [0, 0.05) is 11.7 Å². The van der Waals surface area contributed by atoms with Crippen molar-refractivity contribution in [3.05, 3.63) is 12.2 Å². The van der Waals surface area contributed by atoms with Crippen LogP contribution in [0.1, 0.15) is 39.0 Å². The fraction of sp³-hybridized carbons (Fsp3) is 0.615. The molecule has 0 unspecified atom stereocenters. The van der Waals surface area contributed by atoms with Gasteiger partial charge in [0.15, 0.2) is 4.34 Å². The quantitative estimate of drug-likeness (QED) is 0.511. The Morgan fingerprint density at radius 1 is 1.42 bits per heavy atom. The van der Waals surface area contributed by atoms with E-state index in [2.05, 4.69) is 22.1 Å². The minimum Gasteiger partial charge on any atom is -0.300 e. The predicted molar refractivity (Wildman–Crippen MR) is 80.7 cm³/mol. The molecule has 0 bridgehead atoms. The summed E-state index contributed by atoms with van der Waals surface area (Å²) in [6.45, 7) is 5.84. The smallest absolute Gasteiger partial charge is 0.229 e. The summed E-state index contributed by atoms with van der Waals surface area (Å²) in [7, 11) is 0. The van der Waals surface area contributed by atoms with Gasteiger partial charge in [0.05, 0.1) is 0 Å². The van der Waals surface area contributed by atoms with Crippen LogP contribution in [0.15, 0.2) is 16.5 Å². The van der Waals surface area contributed by atoms with Crippen LogP contribution in [0.2, 0.25) is 0 Å². The molecule has 0 spiro atoms. The van der Waals surface area contributed by atoms with Crippen molar-refractivity contribution >= 4 is 34.1 Å². The Balaban J connectivity index is 1.84. The molecule has 4 nitrogen and oxygen atoms in total. The molecule has 1 saturated carbocycles. The maximum atomic E-state index is 12.0. The van der Waals surface area contributed by atoms with E-state index >= 15 is 0 Å². The standard InChI is InChI=1S/C13H19N3OS2/c1-9(2)8-18-13-16-15-12(19-13)14-11(17)10-6-4-3-5-7-10/h10H,1,3-8H2,2H3,(H,14,15,17). The second-order valence-corrected chi connectivity index (χ2v) is 7.14. The molecule has 1 N–H and O–H groups in total. The molecule has 0 atom stereocenters. The lowest BCUT2D eigenvalue weighted by Crippen LogP contribution is -2.24. The first-order chi connectivity index (χ1) is 9.15. The molecule has 1 aromatic heterocycles. The topological polar surface area (TPSA) is 54.9 Å². The third-order valence-electron chi connectivity index (χ3n) is 3.05. The summed E-state index contributed by atoms with van der Waals surface area (Å²) in [6.07, 6.45) is 5.58. The van der Waals surface area contributed by atoms with E-state index in [0.717, 1.165) is 41.3 Å². The third kappa shape index (κ3) is 4.62. The van der Waals surface area contributed by atoms with Crippen LogP contribution >= 0.6 is 23.1 Å². The van der Waals surface area contributed by atoms with Crippen molar-refractivity contribution in [2.24, 2.45) is 5.92 Å². The zero-order chi connectivity index (χ0) is 13.7. The van der Waals surface area contributed by atoms with Gasteiger partial charge < -0.3 is 5.32 Å². The minimum atomic E-state index is 0.104. The lowest BCUT2D eigenvalue weighted by atomic mass is 9.89. The maximum absolute atomic E-state index is 12.0. The van der Waals surface area contributed by atoms with E-state index in [1.165, 1.54) is 17.8 Å². The number of thioether (sulfide) groups is 1. The highest BCUT2D eigenvalue weighted by Crippen LogP contribution is 2.28. The normalized spacial score (nSPS) is 16.3. The Kier molecular flexibility index (Phi) is 5.39. The van der Waals surface area contributed by atoms with Crippen LogP contribution in [-0.2, 0) is 4.79 Å². The van der Waals surface area contributed by atoms with Crippen LogP contribution in [0.25, 0.3) is 0 Å². The Morgan fingerprint density at radius 3 is 2.84 bits per heavy atom. The van der Waals surface area contributed by atoms with Crippen molar-refractivity contribution in [2.45, 2.75) is 43.4 Å². The fourth-order valence-corrected chi connectivity index (χ4v) is 3.67. The third-order valence-corrected chi connectivity index (χ3v) is 5.26. The SMILES string of the molecule is C=C(C)CSc1nnc(NC(=O)C2CCCCC2)s1. The van der Waals surface area contributed by atoms with Crippen LogP contribution in [0.5, 0.6) is 0 Å². The largest absolute Gasteiger partial charge is 0.300 e. The number of nitrogens with zero attached hydrogens (tertiary/aromatic N) is 2. The number of hydrogen-bond acceptors (Lipinski definition) is 5. The number of carbonyl (C=O) groups is 1. The van der Waals surface area contributed by atoms with Gasteiger partial charge in [-0.3, -0.25) is 4.79 Å². The van der Waals surface area contributed by atoms with Gasteiger partial charge in [-0.15, -0.1) is 10.2 Å². The minimum absolute atomic E-state index is 0.104. The highest BCUT2D eigenvalue weighted by molar-refractivity contribution is 8.01. The summed E-state index contributed by atoms with van der Waals surface area (Å²) in [5, 5.41) is 11.6. The Hall–Kier alpha value is -0.880. The summed E-state index contributed by atoms with van der Waals surface area (Å²) in [6, 6.07) is 0. The monoisotopic (exact) mass is 297 g/mol. The zero-order valence-corrected chi connectivity index (χ0v) is 12.8. The molecule has 6 heteroatoms. The Bertz CT molecular complexity index is 452. The highest BCUT2D eigenvalue weighted by atomic mass is 32.2. The fourth-order valence-electron chi connectivity index (χ4n) is 2.08. The predicted octanol–water partition coefficient (Wildman–Crippen LogP) is 3.73. The van der Waals surface area contributed by atoms with E-state index < -0.39 is 0 Å². The lowest BCUT2D eigenvalue weighted by molar-refractivity contribution is -0.120. The van der Waals surface area contributed by atoms with E-state index in [-0.39, 0.29) is 11.8 Å². The van der Waals surface area contributed by atoms with E-state index in [0.29, 0.717) is 5.13 Å². The van der Waals surface area contributed by atoms with Gasteiger partial charge in [-0.1, -0.05) is 54.5 Å². The van der Waals surface area contributed by atoms with Gasteiger partial charge >= 0.3 is 0 Å². The van der Waals surface area contributed by atoms with Gasteiger partial charge in [-0.2, -0.15) is 0 Å². The van der Waals surface area contributed by atoms with Crippen molar-refractivity contribution in [2.75, 3.05) is 11.1 Å². The molecule has 0 aliphatic heterocycles. The molecule has 0 radical (unpaired) electrons. The van der Waals surface area contributed by atoms with Gasteiger partial charge in [0.1, 0.15) is 0 Å². The van der Waals surface area contributed by atoms with E-state index in [9.17, 15) is 4.79 Å². The molecular formula is C13H19N3OS2. The Labute approximate surface area is 122 Å². The van der Waals surface area contributed by atoms with Crippen LogP contribution in [-0.4, -0.2) is 21.9 Å². The second kappa shape index (κ2) is 7.05. The summed E-state index contributed by atoms with van der Waals surface area (Å²) < 4.78 is 0.877. The summed E-state index contributed by atoms with van der Waals surface area (Å²) in [5.74, 6) is 1.10. The van der Waals surface area contributed by atoms with Gasteiger partial charge in [0.25, 0.3) is 0 Å². The van der Waals surface area contributed by atoms with E-state index in [4.69, 9.17) is 0 Å². The molecular weight excluding hydrogens is 278 g/mol. The average molecular weight is 297 g/mol. The molecule has 1 aliphatic carbocycles. The van der Waals surface area contributed by atoms with Crippen LogP contribution in [0, 0.1) is 5.92 Å². The summed E-state index contributed by atoms with van der Waals surface area (Å²) in [5.41, 5.74) is 1.10. The first kappa shape index (κ1) is 14.5.